The van der Waals surface area contributed by atoms with Crippen LogP contribution in [-0.4, -0.2) is 50.8 Å². The Kier molecular flexibility index (Phi) is 6.24. The van der Waals surface area contributed by atoms with Crippen molar-refractivity contribution < 1.29 is 33.3 Å². The Balaban J connectivity index is 1.85. The molecule has 0 amide bonds. The highest BCUT2D eigenvalue weighted by molar-refractivity contribution is 6.74. The fourth-order valence-electron chi connectivity index (χ4n) is 3.20. The lowest BCUT2D eigenvalue weighted by atomic mass is 9.84. The van der Waals surface area contributed by atoms with E-state index in [1.54, 1.807) is 30.3 Å². The van der Waals surface area contributed by atoms with E-state index in [-0.39, 0.29) is 11.6 Å². The van der Waals surface area contributed by atoms with Gasteiger partial charge in [-0.1, -0.05) is 45.0 Å². The van der Waals surface area contributed by atoms with Crippen molar-refractivity contribution in [2.75, 3.05) is 6.61 Å². The third-order valence-corrected chi connectivity index (χ3v) is 10.4. The van der Waals surface area contributed by atoms with Gasteiger partial charge in [0.1, 0.15) is 18.8 Å². The van der Waals surface area contributed by atoms with Crippen LogP contribution in [-0.2, 0) is 28.5 Å². The maximum atomic E-state index is 12.5. The molecule has 30 heavy (non-hydrogen) atoms. The van der Waals surface area contributed by atoms with Crippen molar-refractivity contribution in [1.29, 1.82) is 0 Å². The summed E-state index contributed by atoms with van der Waals surface area (Å²) in [5, 5.41) is -0.0536. The molecule has 0 unspecified atom stereocenters. The van der Waals surface area contributed by atoms with Crippen molar-refractivity contribution >= 4 is 20.3 Å². The van der Waals surface area contributed by atoms with E-state index < -0.39 is 44.2 Å². The summed E-state index contributed by atoms with van der Waals surface area (Å²) in [7, 11) is -2.22. The van der Waals surface area contributed by atoms with E-state index in [0.717, 1.165) is 0 Å². The first-order valence-corrected chi connectivity index (χ1v) is 13.0. The second kappa shape index (κ2) is 8.26. The molecule has 1 aliphatic carbocycles. The minimum Gasteiger partial charge on any atom is -0.458 e. The van der Waals surface area contributed by atoms with E-state index in [0.29, 0.717) is 5.56 Å². The van der Waals surface area contributed by atoms with Crippen LogP contribution >= 0.6 is 0 Å². The zero-order valence-electron chi connectivity index (χ0n) is 18.3. The normalized spacial score (nSPS) is 28.3. The van der Waals surface area contributed by atoms with E-state index in [1.165, 1.54) is 6.92 Å². The molecule has 0 N–H and O–H groups in total. The predicted octanol–water partition coefficient (Wildman–Crippen LogP) is 3.80. The topological polar surface area (TPSA) is 80.3 Å². The molecule has 3 aliphatic rings. The maximum absolute atomic E-state index is 12.5. The predicted molar refractivity (Wildman–Crippen MR) is 112 cm³/mol. The number of carbonyl (C=O) groups excluding carboxylic acids is 2. The fraction of sp³-hybridized carbons (Fsp3) is 0.545. The van der Waals surface area contributed by atoms with Crippen molar-refractivity contribution in [3.05, 3.63) is 48.0 Å². The summed E-state index contributed by atoms with van der Waals surface area (Å²) in [5.74, 6) is -0.972. The Labute approximate surface area is 178 Å². The van der Waals surface area contributed by atoms with E-state index in [9.17, 15) is 9.59 Å². The zero-order chi connectivity index (χ0) is 22.2. The van der Waals surface area contributed by atoms with Gasteiger partial charge in [0.2, 0.25) is 0 Å². The first-order chi connectivity index (χ1) is 14.0. The molecule has 0 aromatic heterocycles. The van der Waals surface area contributed by atoms with E-state index >= 15 is 0 Å². The number of hydrogen-bond acceptors (Lipinski definition) is 7. The molecule has 0 saturated carbocycles. The molecule has 4 atom stereocenters. The van der Waals surface area contributed by atoms with E-state index in [1.807, 2.05) is 12.1 Å². The number of hydrogen-bond donors (Lipinski definition) is 0. The molecular weight excluding hydrogens is 404 g/mol. The first-order valence-electron chi connectivity index (χ1n) is 10.1. The standard InChI is InChI=1S/C22H30O7Si/c1-15(23)26-19-18(28-30(5,6)21(2,3)4)17-12-13-22(19,29-27-17)14-25-20(24)16-10-8-7-9-11-16/h7-13,17-19H,14H2,1-6H3/t17-,18+,19-,22-/m0/s1. The van der Waals surface area contributed by atoms with Gasteiger partial charge in [0.05, 0.1) is 5.56 Å². The monoisotopic (exact) mass is 434 g/mol. The van der Waals surface area contributed by atoms with E-state index in [2.05, 4.69) is 33.9 Å². The van der Waals surface area contributed by atoms with Crippen LogP contribution in [0, 0.1) is 0 Å². The van der Waals surface area contributed by atoms with Gasteiger partial charge in [-0.3, -0.25) is 4.79 Å². The molecule has 2 heterocycles. The number of esters is 2. The second-order valence-corrected chi connectivity index (χ2v) is 14.0. The second-order valence-electron chi connectivity index (χ2n) is 9.27. The largest absolute Gasteiger partial charge is 0.458 e. The van der Waals surface area contributed by atoms with Gasteiger partial charge >= 0.3 is 11.9 Å². The van der Waals surface area contributed by atoms with Gasteiger partial charge in [-0.2, -0.15) is 0 Å². The van der Waals surface area contributed by atoms with Crippen LogP contribution in [0.3, 0.4) is 0 Å². The quantitative estimate of drug-likeness (QED) is 0.291. The van der Waals surface area contributed by atoms with Crippen LogP contribution in [0.2, 0.25) is 18.1 Å². The SMILES string of the molecule is CC(=O)O[C@H]1[C@H](O[Si](C)(C)C(C)(C)C)[C@@H]2C=C[C@@]1(COC(=O)c1ccccc1)OO2. The lowest BCUT2D eigenvalue weighted by Crippen LogP contribution is -2.67. The molecule has 8 heteroatoms. The molecule has 1 aromatic rings. The van der Waals surface area contributed by atoms with Crippen molar-refractivity contribution in [1.82, 2.24) is 0 Å². The highest BCUT2D eigenvalue weighted by Gasteiger charge is 2.59. The summed E-state index contributed by atoms with van der Waals surface area (Å²) in [6.45, 7) is 11.8. The van der Waals surface area contributed by atoms with Gasteiger partial charge in [0, 0.05) is 6.92 Å². The number of ether oxygens (including phenoxy) is 2. The Morgan fingerprint density at radius 3 is 2.37 bits per heavy atom. The first kappa shape index (κ1) is 22.7. The van der Waals surface area contributed by atoms with Crippen molar-refractivity contribution in [3.8, 4) is 0 Å². The zero-order valence-corrected chi connectivity index (χ0v) is 19.3. The Morgan fingerprint density at radius 2 is 1.83 bits per heavy atom. The molecule has 2 bridgehead atoms. The smallest absolute Gasteiger partial charge is 0.338 e. The highest BCUT2D eigenvalue weighted by Crippen LogP contribution is 2.44. The van der Waals surface area contributed by atoms with Gasteiger partial charge in [-0.15, -0.1) is 0 Å². The van der Waals surface area contributed by atoms with Gasteiger partial charge in [0.25, 0.3) is 0 Å². The fourth-order valence-corrected chi connectivity index (χ4v) is 4.49. The number of carbonyl (C=O) groups is 2. The van der Waals surface area contributed by atoms with Gasteiger partial charge in [0.15, 0.2) is 20.0 Å². The summed E-state index contributed by atoms with van der Waals surface area (Å²) in [6, 6.07) is 8.66. The van der Waals surface area contributed by atoms with Crippen molar-refractivity contribution in [3.63, 3.8) is 0 Å². The molecule has 2 aliphatic heterocycles. The minimum absolute atomic E-state index is 0.0536. The van der Waals surface area contributed by atoms with Crippen LogP contribution < -0.4 is 0 Å². The molecule has 1 fully saturated rings. The third-order valence-electron chi connectivity index (χ3n) is 5.95. The average Bonchev–Trinajstić information content (AvgIpc) is 2.68. The summed E-state index contributed by atoms with van der Waals surface area (Å²) in [5.41, 5.74) is -0.862. The average molecular weight is 435 g/mol. The third kappa shape index (κ3) is 4.51. The Hall–Kier alpha value is -2.00. The summed E-state index contributed by atoms with van der Waals surface area (Å²) < 4.78 is 17.7. The van der Waals surface area contributed by atoms with Gasteiger partial charge < -0.3 is 13.9 Å². The molecular formula is C22H30O7Si. The lowest BCUT2D eigenvalue weighted by molar-refractivity contribution is -0.436. The summed E-state index contributed by atoms with van der Waals surface area (Å²) in [4.78, 5) is 35.5. The number of rotatable bonds is 6. The minimum atomic E-state index is -2.22. The van der Waals surface area contributed by atoms with Gasteiger partial charge in [-0.25, -0.2) is 14.6 Å². The summed E-state index contributed by atoms with van der Waals surface area (Å²) in [6.07, 6.45) is 1.66. The van der Waals surface area contributed by atoms with Crippen LogP contribution in [0.1, 0.15) is 38.1 Å². The Morgan fingerprint density at radius 1 is 1.17 bits per heavy atom. The van der Waals surface area contributed by atoms with Crippen LogP contribution in [0.25, 0.3) is 0 Å². The van der Waals surface area contributed by atoms with E-state index in [4.69, 9.17) is 23.7 Å². The Bertz CT molecular complexity index is 815. The molecule has 7 nitrogen and oxygen atoms in total. The number of benzene rings is 1. The summed E-state index contributed by atoms with van der Waals surface area (Å²) >= 11 is 0. The molecule has 164 valence electrons. The van der Waals surface area contributed by atoms with Crippen LogP contribution in [0.4, 0.5) is 0 Å². The molecule has 1 saturated heterocycles. The maximum Gasteiger partial charge on any atom is 0.338 e. The van der Waals surface area contributed by atoms with Crippen LogP contribution in [0.15, 0.2) is 42.5 Å². The molecule has 1 aromatic carbocycles. The van der Waals surface area contributed by atoms with Crippen LogP contribution in [0.5, 0.6) is 0 Å². The lowest BCUT2D eigenvalue weighted by Gasteiger charge is -2.51. The van der Waals surface area contributed by atoms with Crippen molar-refractivity contribution in [2.45, 2.75) is 69.7 Å². The molecule has 0 spiro atoms. The van der Waals surface area contributed by atoms with Gasteiger partial charge in [-0.05, 0) is 36.3 Å². The molecule has 4 rings (SSSR count). The number of fused-ring (bicyclic) bond motifs is 2. The highest BCUT2D eigenvalue weighted by atomic mass is 28.4. The van der Waals surface area contributed by atoms with Crippen molar-refractivity contribution in [2.24, 2.45) is 0 Å². The molecule has 0 radical (unpaired) electrons.